The summed E-state index contributed by atoms with van der Waals surface area (Å²) in [5.41, 5.74) is 0. The van der Waals surface area contributed by atoms with Crippen LogP contribution in [0.25, 0.3) is 0 Å². The van der Waals surface area contributed by atoms with Gasteiger partial charge in [0.25, 0.3) is 0 Å². The number of carboxylic acid groups (broad SMARTS) is 1. The van der Waals surface area contributed by atoms with Crippen molar-refractivity contribution >= 4 is 6.16 Å². The second-order valence-electron chi connectivity index (χ2n) is 1.82. The Bertz CT molecular complexity index is 89.9. The van der Waals surface area contributed by atoms with Crippen LogP contribution in [0.3, 0.4) is 0 Å². The summed E-state index contributed by atoms with van der Waals surface area (Å²) in [4.78, 5) is 9.74. The Labute approximate surface area is 74.4 Å². The van der Waals surface area contributed by atoms with Crippen molar-refractivity contribution in [1.29, 1.82) is 0 Å². The second kappa shape index (κ2) is 8.87. The fourth-order valence-electron chi connectivity index (χ4n) is 0.512. The Hall–Kier alpha value is -0.133. The van der Waals surface area contributed by atoms with E-state index in [-0.39, 0.29) is 20.3 Å². The molecule has 0 atom stereocenters. The minimum Gasteiger partial charge on any atom is -1.00 e. The molecule has 0 aliphatic rings. The smallest absolute Gasteiger partial charge is 1.00 e. The summed E-state index contributed by atoms with van der Waals surface area (Å²) >= 11 is 0. The van der Waals surface area contributed by atoms with E-state index < -0.39 is 6.16 Å². The van der Waals surface area contributed by atoms with Gasteiger partial charge in [0, 0.05) is 0 Å². The second-order valence-corrected chi connectivity index (χ2v) is 1.82. The molecule has 0 amide bonds. The number of carbonyl (C=O) groups is 1. The molecule has 0 aromatic rings. The van der Waals surface area contributed by atoms with Gasteiger partial charge in [-0.15, -0.1) is 0 Å². The van der Waals surface area contributed by atoms with Gasteiger partial charge in [-0.25, -0.2) is 4.79 Å². The summed E-state index contributed by atoms with van der Waals surface area (Å²) < 4.78 is 4.26. The number of hydrogen-bond donors (Lipinski definition) is 1. The predicted octanol–water partition coefficient (Wildman–Crippen LogP) is -1.01. The van der Waals surface area contributed by atoms with Gasteiger partial charge in [-0.05, 0) is 6.42 Å². The first-order valence-electron chi connectivity index (χ1n) is 3.13. The molecule has 1 N–H and O–H groups in total. The average Bonchev–Trinajstić information content (AvgIpc) is 1.80. The topological polar surface area (TPSA) is 46.5 Å². The molecule has 0 spiro atoms. The number of ether oxygens (including phenoxy) is 1. The van der Waals surface area contributed by atoms with Gasteiger partial charge in [0.1, 0.15) is 0 Å². The normalized spacial score (nSPS) is 8.10. The molecule has 0 saturated carbocycles. The minimum atomic E-state index is -1.17. The third-order valence-electron chi connectivity index (χ3n) is 0.973. The minimum absolute atomic E-state index is 0. The third kappa shape index (κ3) is 10.8. The van der Waals surface area contributed by atoms with E-state index >= 15 is 0 Å². The van der Waals surface area contributed by atoms with Gasteiger partial charge < -0.3 is 11.3 Å². The predicted molar refractivity (Wildman–Crippen MR) is 34.6 cm³/mol. The van der Waals surface area contributed by atoms with E-state index in [1.807, 2.05) is 0 Å². The van der Waals surface area contributed by atoms with Gasteiger partial charge in [0.15, 0.2) is 0 Å². The Morgan fingerprint density at radius 2 is 2.20 bits per heavy atom. The quantitative estimate of drug-likeness (QED) is 0.309. The molecule has 0 radical (unpaired) electrons. The molecule has 3 nitrogen and oxygen atoms in total. The van der Waals surface area contributed by atoms with Gasteiger partial charge in [-0.1, -0.05) is 19.8 Å². The van der Waals surface area contributed by atoms with E-state index in [1.54, 1.807) is 0 Å². The van der Waals surface area contributed by atoms with Crippen LogP contribution in [-0.2, 0) is 4.74 Å². The van der Waals surface area contributed by atoms with Crippen molar-refractivity contribution in [2.45, 2.75) is 26.2 Å². The Kier molecular flexibility index (Phi) is 11.1. The van der Waals surface area contributed by atoms with Crippen LogP contribution in [0.15, 0.2) is 0 Å². The first kappa shape index (κ1) is 12.5. The van der Waals surface area contributed by atoms with E-state index in [2.05, 4.69) is 11.7 Å². The standard InChI is InChI=1S/C6H12O3.Li.H/c1-2-3-4-5-9-6(7)8;;/h2-5H2,1H3,(H,7,8);;/q;+1;-1. The van der Waals surface area contributed by atoms with Gasteiger partial charge in [-0.2, -0.15) is 0 Å². The van der Waals surface area contributed by atoms with Crippen molar-refractivity contribution < 1.29 is 34.9 Å². The molecular formula is C6H13LiO3. The summed E-state index contributed by atoms with van der Waals surface area (Å²) in [5, 5.41) is 7.99. The fraction of sp³-hybridized carbons (Fsp3) is 0.833. The molecule has 0 saturated heterocycles. The molecule has 0 bridgehead atoms. The molecule has 0 unspecified atom stereocenters. The first-order chi connectivity index (χ1) is 4.27. The van der Waals surface area contributed by atoms with E-state index in [9.17, 15) is 4.79 Å². The average molecular weight is 140 g/mol. The molecule has 56 valence electrons. The molecule has 0 aliphatic carbocycles. The van der Waals surface area contributed by atoms with Crippen LogP contribution < -0.4 is 18.9 Å². The maximum atomic E-state index is 9.74. The van der Waals surface area contributed by atoms with Crippen LogP contribution in [0.4, 0.5) is 4.79 Å². The zero-order valence-corrected chi connectivity index (χ0v) is 6.59. The Morgan fingerprint density at radius 3 is 2.60 bits per heavy atom. The van der Waals surface area contributed by atoms with Crippen LogP contribution in [-0.4, -0.2) is 17.9 Å². The van der Waals surface area contributed by atoms with Crippen LogP contribution in [0.5, 0.6) is 0 Å². The van der Waals surface area contributed by atoms with Gasteiger partial charge in [-0.3, -0.25) is 0 Å². The van der Waals surface area contributed by atoms with Crippen LogP contribution in [0.1, 0.15) is 27.6 Å². The fourth-order valence-corrected chi connectivity index (χ4v) is 0.512. The van der Waals surface area contributed by atoms with E-state index in [0.717, 1.165) is 19.3 Å². The van der Waals surface area contributed by atoms with Crippen molar-refractivity contribution in [3.63, 3.8) is 0 Å². The molecule has 0 aliphatic heterocycles. The molecule has 10 heavy (non-hydrogen) atoms. The Morgan fingerprint density at radius 1 is 1.60 bits per heavy atom. The Balaban J connectivity index is -0.000000320. The molecule has 0 heterocycles. The molecule has 0 fully saturated rings. The number of unbranched alkanes of at least 4 members (excludes halogenated alkanes) is 2. The largest absolute Gasteiger partial charge is 1.00 e. The summed E-state index contributed by atoms with van der Waals surface area (Å²) in [6, 6.07) is 0. The van der Waals surface area contributed by atoms with Crippen LogP contribution in [0.2, 0.25) is 0 Å². The monoisotopic (exact) mass is 140 g/mol. The number of hydrogen-bond acceptors (Lipinski definition) is 2. The van der Waals surface area contributed by atoms with E-state index in [0.29, 0.717) is 6.61 Å². The first-order valence-corrected chi connectivity index (χ1v) is 3.13. The molecule has 4 heteroatoms. The van der Waals surface area contributed by atoms with E-state index in [1.165, 1.54) is 0 Å². The SMILES string of the molecule is CCCCCOC(=O)O.[H-].[Li+]. The van der Waals surface area contributed by atoms with Gasteiger partial charge in [0.05, 0.1) is 6.61 Å². The van der Waals surface area contributed by atoms with E-state index in [4.69, 9.17) is 5.11 Å². The van der Waals surface area contributed by atoms with Crippen molar-refractivity contribution in [2.75, 3.05) is 6.61 Å². The maximum absolute atomic E-state index is 9.74. The summed E-state index contributed by atoms with van der Waals surface area (Å²) in [6.45, 7) is 2.39. The van der Waals surface area contributed by atoms with Crippen LogP contribution in [0, 0.1) is 0 Å². The maximum Gasteiger partial charge on any atom is 1.00 e. The van der Waals surface area contributed by atoms with Crippen molar-refractivity contribution in [1.82, 2.24) is 0 Å². The summed E-state index contributed by atoms with van der Waals surface area (Å²) in [5.74, 6) is 0. The summed E-state index contributed by atoms with van der Waals surface area (Å²) in [7, 11) is 0. The number of rotatable bonds is 4. The van der Waals surface area contributed by atoms with Crippen molar-refractivity contribution in [3.8, 4) is 0 Å². The summed E-state index contributed by atoms with van der Waals surface area (Å²) in [6.07, 6.45) is 1.78. The molecule has 0 rings (SSSR count). The molecule has 0 aromatic carbocycles. The van der Waals surface area contributed by atoms with Crippen molar-refractivity contribution in [3.05, 3.63) is 0 Å². The van der Waals surface area contributed by atoms with Gasteiger partial charge >= 0.3 is 25.0 Å². The van der Waals surface area contributed by atoms with Gasteiger partial charge in [0.2, 0.25) is 0 Å². The van der Waals surface area contributed by atoms with Crippen molar-refractivity contribution in [2.24, 2.45) is 0 Å². The van der Waals surface area contributed by atoms with Crippen LogP contribution >= 0.6 is 0 Å². The third-order valence-corrected chi connectivity index (χ3v) is 0.973. The molecule has 0 aromatic heterocycles. The molecular weight excluding hydrogens is 127 g/mol. The zero-order chi connectivity index (χ0) is 7.11. The zero-order valence-electron chi connectivity index (χ0n) is 7.59.